The zero-order chi connectivity index (χ0) is 49.3. The fourth-order valence-electron chi connectivity index (χ4n) is 6.04. The first kappa shape index (κ1) is 62.5. The molecule has 1 unspecified atom stereocenters. The highest BCUT2D eigenvalue weighted by atomic mass is 16.6. The van der Waals surface area contributed by atoms with Crippen LogP contribution >= 0.6 is 0 Å². The monoisotopic (exact) mass is 931 g/mol. The Balaban J connectivity index is 4.66. The number of allylic oxidation sites excluding steroid dienone is 30. The maximum absolute atomic E-state index is 12.8. The van der Waals surface area contributed by atoms with E-state index in [9.17, 15) is 14.4 Å². The van der Waals surface area contributed by atoms with E-state index in [0.717, 1.165) is 103 Å². The summed E-state index contributed by atoms with van der Waals surface area (Å²) in [5.41, 5.74) is 0. The Morgan fingerprint density at radius 1 is 0.324 bits per heavy atom. The highest BCUT2D eigenvalue weighted by Gasteiger charge is 2.19. The molecule has 0 amide bonds. The van der Waals surface area contributed by atoms with E-state index in [-0.39, 0.29) is 50.4 Å². The molecular formula is C62H90O6. The highest BCUT2D eigenvalue weighted by molar-refractivity contribution is 5.71. The Labute approximate surface area is 414 Å². The van der Waals surface area contributed by atoms with E-state index in [2.05, 4.69) is 118 Å². The molecule has 0 saturated heterocycles. The minimum atomic E-state index is -0.850. The van der Waals surface area contributed by atoms with Crippen LogP contribution in [0.15, 0.2) is 182 Å². The van der Waals surface area contributed by atoms with E-state index in [4.69, 9.17) is 14.2 Å². The average molecular weight is 931 g/mol. The smallest absolute Gasteiger partial charge is 0.306 e. The van der Waals surface area contributed by atoms with Gasteiger partial charge in [-0.2, -0.15) is 0 Å². The summed E-state index contributed by atoms with van der Waals surface area (Å²) in [6.45, 7) is 6.13. The van der Waals surface area contributed by atoms with Crippen LogP contribution in [0, 0.1) is 0 Å². The van der Waals surface area contributed by atoms with Crippen molar-refractivity contribution in [3.8, 4) is 0 Å². The van der Waals surface area contributed by atoms with Crippen LogP contribution in [-0.2, 0) is 28.6 Å². The first-order valence-corrected chi connectivity index (χ1v) is 25.9. The summed E-state index contributed by atoms with van der Waals surface area (Å²) < 4.78 is 16.7. The number of carbonyl (C=O) groups excluding carboxylic acids is 3. The zero-order valence-corrected chi connectivity index (χ0v) is 42.5. The zero-order valence-electron chi connectivity index (χ0n) is 42.5. The van der Waals surface area contributed by atoms with Crippen molar-refractivity contribution < 1.29 is 28.6 Å². The molecule has 68 heavy (non-hydrogen) atoms. The molecule has 0 bridgehead atoms. The van der Waals surface area contributed by atoms with Gasteiger partial charge in [-0.1, -0.05) is 235 Å². The largest absolute Gasteiger partial charge is 0.462 e. The maximum atomic E-state index is 12.8. The van der Waals surface area contributed by atoms with Gasteiger partial charge in [0.05, 0.1) is 0 Å². The van der Waals surface area contributed by atoms with Crippen molar-refractivity contribution in [2.24, 2.45) is 0 Å². The molecule has 0 aliphatic rings. The molecule has 0 N–H and O–H groups in total. The van der Waals surface area contributed by atoms with Crippen LogP contribution in [0.5, 0.6) is 0 Å². The molecule has 0 saturated carbocycles. The Bertz CT molecular complexity index is 1680. The van der Waals surface area contributed by atoms with Gasteiger partial charge in [-0.05, 0) is 96.3 Å². The van der Waals surface area contributed by atoms with Crippen molar-refractivity contribution in [3.05, 3.63) is 182 Å². The van der Waals surface area contributed by atoms with Gasteiger partial charge < -0.3 is 14.2 Å². The molecular weight excluding hydrogens is 841 g/mol. The van der Waals surface area contributed by atoms with Gasteiger partial charge in [-0.3, -0.25) is 14.4 Å². The summed E-state index contributed by atoms with van der Waals surface area (Å²) in [7, 11) is 0. The number of rotatable bonds is 43. The van der Waals surface area contributed by atoms with Gasteiger partial charge in [0.25, 0.3) is 0 Å². The van der Waals surface area contributed by atoms with Crippen LogP contribution in [-0.4, -0.2) is 37.2 Å². The molecule has 0 rings (SSSR count). The molecule has 0 fully saturated rings. The Hall–Kier alpha value is -5.49. The maximum Gasteiger partial charge on any atom is 0.306 e. The van der Waals surface area contributed by atoms with Crippen LogP contribution in [0.3, 0.4) is 0 Å². The van der Waals surface area contributed by atoms with E-state index < -0.39 is 6.10 Å². The Kier molecular flexibility index (Phi) is 49.7. The lowest BCUT2D eigenvalue weighted by Gasteiger charge is -2.18. The third-order valence-electron chi connectivity index (χ3n) is 9.84. The van der Waals surface area contributed by atoms with Crippen molar-refractivity contribution in [2.75, 3.05) is 13.2 Å². The minimum absolute atomic E-state index is 0.143. The molecule has 0 aromatic rings. The van der Waals surface area contributed by atoms with Crippen molar-refractivity contribution in [2.45, 2.75) is 175 Å². The fourth-order valence-corrected chi connectivity index (χ4v) is 6.04. The van der Waals surface area contributed by atoms with Crippen LogP contribution in [0.1, 0.15) is 168 Å². The van der Waals surface area contributed by atoms with Gasteiger partial charge in [0.2, 0.25) is 0 Å². The summed E-state index contributed by atoms with van der Waals surface area (Å²) in [6.07, 6.45) is 81.7. The number of hydrogen-bond acceptors (Lipinski definition) is 6. The standard InChI is InChI=1S/C62H90O6/c1-4-7-10-13-16-19-22-25-27-29-31-33-34-37-40-43-46-49-52-55-61(64)67-58-59(57-66-60(63)54-51-48-45-42-39-36-24-21-18-15-12-9-6-3)68-62(65)56-53-50-47-44-41-38-35-32-30-28-26-23-20-17-14-11-8-5-2/h7,9-12,14-21,23-28,30-33,35-37,39-40,46,49,59H,4-6,8,13,22,29,34,38,41-45,47-48,50-58H2,1-3H3/b10-7-,12-9-,14-11-,18-15-,19-16-,20-17-,24-21-,26-23-,27-25-,30-28-,33-31-,35-32-,39-36-,40-37-,49-46-. The fraction of sp³-hybridized carbons (Fsp3) is 0.468. The normalized spacial score (nSPS) is 13.6. The van der Waals surface area contributed by atoms with E-state index in [1.54, 1.807) is 0 Å². The van der Waals surface area contributed by atoms with Crippen molar-refractivity contribution in [1.82, 2.24) is 0 Å². The van der Waals surface area contributed by atoms with Crippen LogP contribution in [0.2, 0.25) is 0 Å². The quantitative estimate of drug-likeness (QED) is 0.0199. The van der Waals surface area contributed by atoms with Crippen molar-refractivity contribution in [1.29, 1.82) is 0 Å². The first-order chi connectivity index (χ1) is 33.5. The number of hydrogen-bond donors (Lipinski definition) is 0. The summed E-state index contributed by atoms with van der Waals surface area (Å²) in [4.78, 5) is 38.0. The molecule has 0 aliphatic heterocycles. The number of carbonyl (C=O) groups is 3. The molecule has 374 valence electrons. The summed E-state index contributed by atoms with van der Waals surface area (Å²) in [5, 5.41) is 0. The van der Waals surface area contributed by atoms with E-state index in [0.29, 0.717) is 19.3 Å². The van der Waals surface area contributed by atoms with E-state index in [1.165, 1.54) is 6.42 Å². The number of unbranched alkanes of at least 4 members (excludes halogenated alkanes) is 9. The predicted molar refractivity (Wildman–Crippen MR) is 292 cm³/mol. The van der Waals surface area contributed by atoms with Crippen LogP contribution < -0.4 is 0 Å². The van der Waals surface area contributed by atoms with Crippen LogP contribution in [0.4, 0.5) is 0 Å². The van der Waals surface area contributed by atoms with Gasteiger partial charge >= 0.3 is 17.9 Å². The van der Waals surface area contributed by atoms with Gasteiger partial charge in [0.1, 0.15) is 13.2 Å². The summed E-state index contributed by atoms with van der Waals surface area (Å²) in [6, 6.07) is 0. The molecule has 0 aromatic heterocycles. The lowest BCUT2D eigenvalue weighted by molar-refractivity contribution is -0.166. The van der Waals surface area contributed by atoms with Crippen molar-refractivity contribution >= 4 is 17.9 Å². The predicted octanol–water partition coefficient (Wildman–Crippen LogP) is 17.4. The second-order valence-corrected chi connectivity index (χ2v) is 16.2. The summed E-state index contributed by atoms with van der Waals surface area (Å²) >= 11 is 0. The third-order valence-corrected chi connectivity index (χ3v) is 9.84. The number of ether oxygens (including phenoxy) is 3. The van der Waals surface area contributed by atoms with Gasteiger partial charge in [-0.15, -0.1) is 0 Å². The third kappa shape index (κ3) is 51.5. The molecule has 0 heterocycles. The molecule has 6 heteroatoms. The lowest BCUT2D eigenvalue weighted by Crippen LogP contribution is -2.30. The minimum Gasteiger partial charge on any atom is -0.462 e. The molecule has 6 nitrogen and oxygen atoms in total. The molecule has 0 radical (unpaired) electrons. The second kappa shape index (κ2) is 54.1. The SMILES string of the molecule is CC\C=C/C=C\C=C/C=C\CCCCCC(=O)OCC(COC(=O)CC/C=C\C/C=C\C/C=C\C/C=C\C/C=C\C/C=C\CC)OC(=O)CCCCCCC\C=C/C=C\C=C/C=C\C=C/CCC. The molecule has 1 atom stereocenters. The van der Waals surface area contributed by atoms with E-state index in [1.807, 2.05) is 85.1 Å². The van der Waals surface area contributed by atoms with Gasteiger partial charge in [0, 0.05) is 19.3 Å². The highest BCUT2D eigenvalue weighted by Crippen LogP contribution is 2.11. The summed E-state index contributed by atoms with van der Waals surface area (Å²) in [5.74, 6) is -1.11. The first-order valence-electron chi connectivity index (χ1n) is 25.9. The van der Waals surface area contributed by atoms with Crippen molar-refractivity contribution in [3.63, 3.8) is 0 Å². The van der Waals surface area contributed by atoms with Gasteiger partial charge in [0.15, 0.2) is 6.10 Å². The topological polar surface area (TPSA) is 78.9 Å². The number of esters is 3. The van der Waals surface area contributed by atoms with Gasteiger partial charge in [-0.25, -0.2) is 0 Å². The molecule has 0 spiro atoms. The molecule has 0 aliphatic carbocycles. The lowest BCUT2D eigenvalue weighted by atomic mass is 10.1. The molecule has 0 aromatic carbocycles. The van der Waals surface area contributed by atoms with E-state index >= 15 is 0 Å². The Morgan fingerprint density at radius 3 is 1.15 bits per heavy atom. The van der Waals surface area contributed by atoms with Crippen LogP contribution in [0.25, 0.3) is 0 Å². The second-order valence-electron chi connectivity index (χ2n) is 16.2. The Morgan fingerprint density at radius 2 is 0.676 bits per heavy atom. The average Bonchev–Trinajstić information content (AvgIpc) is 3.34.